The van der Waals surface area contributed by atoms with Gasteiger partial charge in [-0.1, -0.05) is 0 Å². The van der Waals surface area contributed by atoms with E-state index >= 15 is 0 Å². The molecule has 0 N–H and O–H groups in total. The van der Waals surface area contributed by atoms with Gasteiger partial charge in [0.15, 0.2) is 0 Å². The minimum atomic E-state index is -0.306. The van der Waals surface area contributed by atoms with Crippen molar-refractivity contribution in [2.75, 3.05) is 6.54 Å². The lowest BCUT2D eigenvalue weighted by Crippen LogP contribution is -2.30. The van der Waals surface area contributed by atoms with Gasteiger partial charge in [-0.15, -0.1) is 0 Å². The Hall–Kier alpha value is -1.45. The van der Waals surface area contributed by atoms with E-state index in [9.17, 15) is 14.4 Å². The molecule has 0 aromatic heterocycles. The summed E-state index contributed by atoms with van der Waals surface area (Å²) in [5.74, 6) is -0.612. The third-order valence-electron chi connectivity index (χ3n) is 1.52. The average molecular weight is 166 g/mol. The largest absolute Gasteiger partial charge is 0.303 e. The summed E-state index contributed by atoms with van der Waals surface area (Å²) in [5.41, 5.74) is 0. The van der Waals surface area contributed by atoms with Gasteiger partial charge in [0.1, 0.15) is 6.29 Å². The average Bonchev–Trinajstić information content (AvgIpc) is 2.35. The van der Waals surface area contributed by atoms with Crippen LogP contribution in [-0.4, -0.2) is 29.5 Å². The van der Waals surface area contributed by atoms with Gasteiger partial charge in [-0.2, -0.15) is 0 Å². The van der Waals surface area contributed by atoms with Crippen molar-refractivity contribution in [2.24, 2.45) is 0 Å². The first-order chi connectivity index (χ1) is 5.75. The minimum absolute atomic E-state index is 0.281. The molecule has 0 aliphatic carbocycles. The molecule has 63 valence electrons. The number of hydrogen-bond acceptors (Lipinski definition) is 3. The molecule has 0 aromatic carbocycles. The molecule has 1 rings (SSSR count). The third-order valence-corrected chi connectivity index (χ3v) is 1.52. The van der Waals surface area contributed by atoms with E-state index in [1.54, 1.807) is 0 Å². The number of carbonyl (C=O) groups excluding carboxylic acids is 3. The lowest BCUT2D eigenvalue weighted by Gasteiger charge is -2.11. The SMILES string of the molecule is O=C[CH]CCN1C(=O)C=CC1=O. The number of hydrogen-bond donors (Lipinski definition) is 0. The molecular formula is C8H8NO3. The van der Waals surface area contributed by atoms with Crippen molar-refractivity contribution in [3.63, 3.8) is 0 Å². The van der Waals surface area contributed by atoms with Crippen molar-refractivity contribution in [1.82, 2.24) is 4.90 Å². The van der Waals surface area contributed by atoms with E-state index < -0.39 is 0 Å². The first-order valence-electron chi connectivity index (χ1n) is 3.56. The van der Waals surface area contributed by atoms with Crippen LogP contribution in [0.5, 0.6) is 0 Å². The summed E-state index contributed by atoms with van der Waals surface area (Å²) in [6.07, 6.45) is 4.90. The maximum atomic E-state index is 10.9. The molecule has 2 amide bonds. The fraction of sp³-hybridized carbons (Fsp3) is 0.250. The number of imide groups is 1. The Morgan fingerprint density at radius 2 is 1.83 bits per heavy atom. The zero-order valence-corrected chi connectivity index (χ0v) is 6.40. The van der Waals surface area contributed by atoms with Crippen molar-refractivity contribution in [3.05, 3.63) is 18.6 Å². The quantitative estimate of drug-likeness (QED) is 0.327. The normalized spacial score (nSPS) is 15.8. The first kappa shape index (κ1) is 8.64. The van der Waals surface area contributed by atoms with Crippen LogP contribution < -0.4 is 0 Å². The minimum Gasteiger partial charge on any atom is -0.303 e. The highest BCUT2D eigenvalue weighted by Crippen LogP contribution is 2.04. The van der Waals surface area contributed by atoms with Crippen LogP contribution in [0, 0.1) is 6.42 Å². The van der Waals surface area contributed by atoms with Crippen LogP contribution in [0.3, 0.4) is 0 Å². The van der Waals surface area contributed by atoms with Crippen LogP contribution in [-0.2, 0) is 14.4 Å². The summed E-state index contributed by atoms with van der Waals surface area (Å²) in [6, 6.07) is 0. The van der Waals surface area contributed by atoms with Gasteiger partial charge < -0.3 is 4.79 Å². The molecule has 0 saturated heterocycles. The van der Waals surface area contributed by atoms with Gasteiger partial charge >= 0.3 is 0 Å². The van der Waals surface area contributed by atoms with Crippen molar-refractivity contribution in [3.8, 4) is 0 Å². The fourth-order valence-corrected chi connectivity index (χ4v) is 0.923. The van der Waals surface area contributed by atoms with E-state index in [4.69, 9.17) is 0 Å². The number of rotatable bonds is 4. The third kappa shape index (κ3) is 1.78. The predicted molar refractivity (Wildman–Crippen MR) is 40.8 cm³/mol. The second kappa shape index (κ2) is 3.80. The van der Waals surface area contributed by atoms with Crippen LogP contribution in [0.2, 0.25) is 0 Å². The highest BCUT2D eigenvalue weighted by Gasteiger charge is 2.21. The predicted octanol–water partition coefficient (Wildman–Crippen LogP) is -0.295. The van der Waals surface area contributed by atoms with Gasteiger partial charge in [0.25, 0.3) is 11.8 Å². The number of unbranched alkanes of at least 4 members (excludes halogenated alkanes) is 1. The molecule has 0 aromatic rings. The van der Waals surface area contributed by atoms with E-state index in [-0.39, 0.29) is 18.4 Å². The van der Waals surface area contributed by atoms with Crippen molar-refractivity contribution < 1.29 is 14.4 Å². The molecule has 0 unspecified atom stereocenters. The molecule has 12 heavy (non-hydrogen) atoms. The van der Waals surface area contributed by atoms with E-state index in [0.29, 0.717) is 12.7 Å². The van der Waals surface area contributed by atoms with Crippen LogP contribution in [0.1, 0.15) is 6.42 Å². The summed E-state index contributed by atoms with van der Waals surface area (Å²) in [7, 11) is 0. The lowest BCUT2D eigenvalue weighted by molar-refractivity contribution is -0.136. The zero-order chi connectivity index (χ0) is 8.97. The van der Waals surface area contributed by atoms with Gasteiger partial charge in [-0.05, 0) is 6.42 Å². The van der Waals surface area contributed by atoms with Gasteiger partial charge in [-0.3, -0.25) is 14.5 Å². The maximum Gasteiger partial charge on any atom is 0.253 e. The Bertz CT molecular complexity index is 227. The summed E-state index contributed by atoms with van der Waals surface area (Å²) >= 11 is 0. The molecule has 4 nitrogen and oxygen atoms in total. The van der Waals surface area contributed by atoms with E-state index in [2.05, 4.69) is 0 Å². The van der Waals surface area contributed by atoms with Gasteiger partial charge in [-0.25, -0.2) is 0 Å². The summed E-state index contributed by atoms with van der Waals surface area (Å²) in [6.45, 7) is 0.281. The molecule has 0 atom stereocenters. The molecule has 0 bridgehead atoms. The van der Waals surface area contributed by atoms with E-state index in [1.165, 1.54) is 18.6 Å². The molecule has 4 heteroatoms. The monoisotopic (exact) mass is 166 g/mol. The Morgan fingerprint density at radius 3 is 2.33 bits per heavy atom. The van der Waals surface area contributed by atoms with E-state index in [1.807, 2.05) is 0 Å². The Balaban J connectivity index is 2.37. The molecular weight excluding hydrogens is 158 g/mol. The first-order valence-corrected chi connectivity index (χ1v) is 3.56. The molecule has 1 heterocycles. The maximum absolute atomic E-state index is 10.9. The Labute approximate surface area is 69.8 Å². The smallest absolute Gasteiger partial charge is 0.253 e. The van der Waals surface area contributed by atoms with Gasteiger partial charge in [0.05, 0.1) is 0 Å². The summed E-state index contributed by atoms with van der Waals surface area (Å²) in [5, 5.41) is 0. The lowest BCUT2D eigenvalue weighted by atomic mass is 10.3. The molecule has 0 fully saturated rings. The standard InChI is InChI=1S/C8H8NO3/c10-6-2-1-5-9-7(11)3-4-8(9)12/h2-4,6H,1,5H2. The topological polar surface area (TPSA) is 54.5 Å². The van der Waals surface area contributed by atoms with Crippen molar-refractivity contribution >= 4 is 18.1 Å². The highest BCUT2D eigenvalue weighted by atomic mass is 16.2. The van der Waals surface area contributed by atoms with Crippen LogP contribution in [0.15, 0.2) is 12.2 Å². The Kier molecular flexibility index (Phi) is 2.74. The molecule has 1 aliphatic rings. The summed E-state index contributed by atoms with van der Waals surface area (Å²) < 4.78 is 0. The van der Waals surface area contributed by atoms with Gasteiger partial charge in [0.2, 0.25) is 0 Å². The van der Waals surface area contributed by atoms with Crippen LogP contribution in [0.4, 0.5) is 0 Å². The Morgan fingerprint density at radius 1 is 1.25 bits per heavy atom. The number of amides is 2. The number of aldehydes is 1. The zero-order valence-electron chi connectivity index (χ0n) is 6.40. The number of carbonyl (C=O) groups is 3. The van der Waals surface area contributed by atoms with Crippen molar-refractivity contribution in [2.45, 2.75) is 6.42 Å². The van der Waals surface area contributed by atoms with Crippen molar-refractivity contribution in [1.29, 1.82) is 0 Å². The number of nitrogens with zero attached hydrogens (tertiary/aromatic N) is 1. The summed E-state index contributed by atoms with van der Waals surface area (Å²) in [4.78, 5) is 32.8. The van der Waals surface area contributed by atoms with Gasteiger partial charge in [0, 0.05) is 25.1 Å². The second-order valence-corrected chi connectivity index (χ2v) is 2.32. The second-order valence-electron chi connectivity index (χ2n) is 2.32. The van der Waals surface area contributed by atoms with Crippen LogP contribution in [0.25, 0.3) is 0 Å². The van der Waals surface area contributed by atoms with Crippen LogP contribution >= 0.6 is 0 Å². The molecule has 1 radical (unpaired) electrons. The molecule has 1 aliphatic heterocycles. The molecule has 0 spiro atoms. The fourth-order valence-electron chi connectivity index (χ4n) is 0.923. The van der Waals surface area contributed by atoms with E-state index in [0.717, 1.165) is 4.90 Å². The highest BCUT2D eigenvalue weighted by molar-refractivity contribution is 6.12. The molecule has 0 saturated carbocycles.